The molecule has 0 bridgehead atoms. The Bertz CT molecular complexity index is 695. The molecule has 1 amide bonds. The van der Waals surface area contributed by atoms with Crippen LogP contribution >= 0.6 is 11.3 Å². The Labute approximate surface area is 159 Å². The van der Waals surface area contributed by atoms with Gasteiger partial charge in [-0.2, -0.15) is 0 Å². The number of amides is 1. The van der Waals surface area contributed by atoms with E-state index in [1.165, 1.54) is 4.88 Å². The lowest BCUT2D eigenvalue weighted by atomic mass is 10.1. The lowest BCUT2D eigenvalue weighted by Gasteiger charge is -2.13. The molecule has 1 aromatic carbocycles. The third kappa shape index (κ3) is 6.52. The lowest BCUT2D eigenvalue weighted by Crippen LogP contribution is -2.37. The van der Waals surface area contributed by atoms with Crippen molar-refractivity contribution in [2.24, 2.45) is 4.99 Å². The van der Waals surface area contributed by atoms with Gasteiger partial charge in [0.25, 0.3) is 5.91 Å². The van der Waals surface area contributed by atoms with Crippen molar-refractivity contribution in [1.82, 2.24) is 16.0 Å². The summed E-state index contributed by atoms with van der Waals surface area (Å²) in [7, 11) is 1.77. The molecule has 1 atom stereocenters. The van der Waals surface area contributed by atoms with Gasteiger partial charge >= 0.3 is 0 Å². The molecule has 3 N–H and O–H groups in total. The van der Waals surface area contributed by atoms with Crippen molar-refractivity contribution in [2.75, 3.05) is 13.6 Å². The zero-order valence-corrected chi connectivity index (χ0v) is 16.5. The van der Waals surface area contributed by atoms with Crippen LogP contribution in [0.1, 0.15) is 41.1 Å². The molecule has 0 aliphatic rings. The molecule has 2 rings (SSSR count). The van der Waals surface area contributed by atoms with Gasteiger partial charge in [0.05, 0.1) is 0 Å². The van der Waals surface area contributed by atoms with Crippen molar-refractivity contribution in [2.45, 2.75) is 39.3 Å². The molecule has 0 spiro atoms. The molecular formula is C20H28N4OS. The Morgan fingerprint density at radius 2 is 1.96 bits per heavy atom. The van der Waals surface area contributed by atoms with E-state index >= 15 is 0 Å². The highest BCUT2D eigenvalue weighted by atomic mass is 32.1. The minimum Gasteiger partial charge on any atom is -0.356 e. The van der Waals surface area contributed by atoms with Crippen LogP contribution in [0.3, 0.4) is 0 Å². The van der Waals surface area contributed by atoms with Gasteiger partial charge in [0.1, 0.15) is 0 Å². The summed E-state index contributed by atoms with van der Waals surface area (Å²) < 4.78 is 0. The van der Waals surface area contributed by atoms with Crippen LogP contribution < -0.4 is 16.0 Å². The van der Waals surface area contributed by atoms with Crippen LogP contribution in [0.4, 0.5) is 0 Å². The number of carbonyl (C=O) groups excluding carboxylic acids is 1. The van der Waals surface area contributed by atoms with Gasteiger partial charge in [0.2, 0.25) is 0 Å². The molecule has 0 saturated carbocycles. The Morgan fingerprint density at radius 1 is 1.19 bits per heavy atom. The van der Waals surface area contributed by atoms with Gasteiger partial charge in [0.15, 0.2) is 5.96 Å². The molecule has 6 heteroatoms. The zero-order valence-electron chi connectivity index (χ0n) is 15.7. The van der Waals surface area contributed by atoms with E-state index in [0.717, 1.165) is 30.9 Å². The maximum Gasteiger partial charge on any atom is 0.251 e. The Morgan fingerprint density at radius 3 is 2.58 bits per heavy atom. The summed E-state index contributed by atoms with van der Waals surface area (Å²) in [4.78, 5) is 17.7. The second-order valence-electron chi connectivity index (χ2n) is 6.16. The summed E-state index contributed by atoms with van der Waals surface area (Å²) >= 11 is 1.77. The SMILES string of the molecule is CCC(C)NC(=O)c1ccc(CNC(=NC)NCCc2cccs2)cc1. The monoisotopic (exact) mass is 372 g/mol. The maximum atomic E-state index is 12.1. The lowest BCUT2D eigenvalue weighted by molar-refractivity contribution is 0.0939. The number of thiophene rings is 1. The molecular weight excluding hydrogens is 344 g/mol. The first kappa shape index (κ1) is 20.0. The fourth-order valence-corrected chi connectivity index (χ4v) is 3.06. The van der Waals surface area contributed by atoms with E-state index in [1.807, 2.05) is 31.2 Å². The van der Waals surface area contributed by atoms with Crippen LogP contribution in [0.2, 0.25) is 0 Å². The molecule has 1 heterocycles. The highest BCUT2D eigenvalue weighted by Gasteiger charge is 2.08. The van der Waals surface area contributed by atoms with Crippen molar-refractivity contribution in [3.8, 4) is 0 Å². The van der Waals surface area contributed by atoms with Crippen LogP contribution in [0.15, 0.2) is 46.8 Å². The van der Waals surface area contributed by atoms with Gasteiger partial charge in [0, 0.05) is 36.6 Å². The quantitative estimate of drug-likeness (QED) is 0.492. The standard InChI is InChI=1S/C20H28N4OS/c1-4-15(2)24-19(25)17-9-7-16(8-10-17)14-23-20(21-3)22-12-11-18-6-5-13-26-18/h5-10,13,15H,4,11-12,14H2,1-3H3,(H,24,25)(H2,21,22,23). The number of carbonyl (C=O) groups is 1. The van der Waals surface area contributed by atoms with E-state index in [4.69, 9.17) is 0 Å². The van der Waals surface area contributed by atoms with Gasteiger partial charge in [-0.25, -0.2) is 0 Å². The highest BCUT2D eigenvalue weighted by molar-refractivity contribution is 7.09. The van der Waals surface area contributed by atoms with E-state index in [2.05, 4.69) is 45.4 Å². The van der Waals surface area contributed by atoms with E-state index in [-0.39, 0.29) is 11.9 Å². The number of rotatable bonds is 8. The number of nitrogens with zero attached hydrogens (tertiary/aromatic N) is 1. The number of guanidine groups is 1. The summed E-state index contributed by atoms with van der Waals surface area (Å²) in [5, 5.41) is 11.7. The zero-order chi connectivity index (χ0) is 18.8. The van der Waals surface area contributed by atoms with Gasteiger partial charge in [-0.1, -0.05) is 25.1 Å². The van der Waals surface area contributed by atoms with Crippen molar-refractivity contribution < 1.29 is 4.79 Å². The van der Waals surface area contributed by atoms with E-state index in [0.29, 0.717) is 12.1 Å². The average Bonchev–Trinajstić information content (AvgIpc) is 3.18. The summed E-state index contributed by atoms with van der Waals surface area (Å²) in [6.45, 7) is 5.56. The number of hydrogen-bond donors (Lipinski definition) is 3. The van der Waals surface area contributed by atoms with Gasteiger partial charge in [-0.05, 0) is 48.9 Å². The number of benzene rings is 1. The first-order valence-electron chi connectivity index (χ1n) is 8.99. The van der Waals surface area contributed by atoms with Crippen LogP contribution in [-0.2, 0) is 13.0 Å². The van der Waals surface area contributed by atoms with Crippen LogP contribution in [-0.4, -0.2) is 31.5 Å². The van der Waals surface area contributed by atoms with Gasteiger partial charge < -0.3 is 16.0 Å². The fraction of sp³-hybridized carbons (Fsp3) is 0.400. The normalized spacial score (nSPS) is 12.5. The molecule has 0 aliphatic carbocycles. The van der Waals surface area contributed by atoms with Gasteiger partial charge in [-0.15, -0.1) is 11.3 Å². The molecule has 0 saturated heterocycles. The number of hydrogen-bond acceptors (Lipinski definition) is 3. The third-order valence-electron chi connectivity index (χ3n) is 4.13. The summed E-state index contributed by atoms with van der Waals surface area (Å²) in [5.74, 6) is 0.755. The summed E-state index contributed by atoms with van der Waals surface area (Å²) in [6, 6.07) is 12.1. The summed E-state index contributed by atoms with van der Waals surface area (Å²) in [5.41, 5.74) is 1.79. The van der Waals surface area contributed by atoms with Gasteiger partial charge in [-0.3, -0.25) is 9.79 Å². The van der Waals surface area contributed by atoms with Crippen molar-refractivity contribution >= 4 is 23.2 Å². The first-order valence-corrected chi connectivity index (χ1v) is 9.87. The molecule has 140 valence electrons. The molecule has 0 fully saturated rings. The summed E-state index contributed by atoms with van der Waals surface area (Å²) in [6.07, 6.45) is 1.91. The number of aliphatic imine (C=N–C) groups is 1. The molecule has 0 aliphatic heterocycles. The Kier molecular flexibility index (Phi) is 8.15. The first-order chi connectivity index (χ1) is 12.6. The molecule has 26 heavy (non-hydrogen) atoms. The second-order valence-corrected chi connectivity index (χ2v) is 7.19. The smallest absolute Gasteiger partial charge is 0.251 e. The predicted octanol–water partition coefficient (Wildman–Crippen LogP) is 3.18. The molecule has 1 aromatic heterocycles. The van der Waals surface area contributed by atoms with Crippen LogP contribution in [0.5, 0.6) is 0 Å². The highest BCUT2D eigenvalue weighted by Crippen LogP contribution is 2.08. The van der Waals surface area contributed by atoms with Crippen molar-refractivity contribution in [3.05, 3.63) is 57.8 Å². The van der Waals surface area contributed by atoms with Crippen molar-refractivity contribution in [1.29, 1.82) is 0 Å². The largest absolute Gasteiger partial charge is 0.356 e. The number of nitrogens with one attached hydrogen (secondary N) is 3. The minimum absolute atomic E-state index is 0.0232. The third-order valence-corrected chi connectivity index (χ3v) is 5.07. The molecule has 0 radical (unpaired) electrons. The maximum absolute atomic E-state index is 12.1. The van der Waals surface area contributed by atoms with Crippen LogP contribution in [0.25, 0.3) is 0 Å². The average molecular weight is 373 g/mol. The van der Waals surface area contributed by atoms with Crippen molar-refractivity contribution in [3.63, 3.8) is 0 Å². The minimum atomic E-state index is -0.0232. The van der Waals surface area contributed by atoms with Crippen LogP contribution in [0, 0.1) is 0 Å². The van der Waals surface area contributed by atoms with E-state index in [1.54, 1.807) is 18.4 Å². The Balaban J connectivity index is 1.77. The molecule has 2 aromatic rings. The topological polar surface area (TPSA) is 65.5 Å². The Hall–Kier alpha value is -2.34. The molecule has 5 nitrogen and oxygen atoms in total. The van der Waals surface area contributed by atoms with E-state index in [9.17, 15) is 4.79 Å². The fourth-order valence-electron chi connectivity index (χ4n) is 2.35. The predicted molar refractivity (Wildman–Crippen MR) is 110 cm³/mol. The molecule has 1 unspecified atom stereocenters. The van der Waals surface area contributed by atoms with E-state index < -0.39 is 0 Å². The second kappa shape index (κ2) is 10.6.